The standard InChI is InChI=1S/C19H20N4/c1-18(2)12-8-9-19(18,3)17-14(12)16(22-23-17)15-11-6-4-5-7-13(11)20-10-21-15/h4-7,10,12H,8-9H2,1-3H3,(H,22,23). The van der Waals surface area contributed by atoms with Crippen molar-refractivity contribution in [3.8, 4) is 11.4 Å². The van der Waals surface area contributed by atoms with Crippen molar-refractivity contribution in [3.63, 3.8) is 0 Å². The van der Waals surface area contributed by atoms with Crippen molar-refractivity contribution in [1.82, 2.24) is 20.2 Å². The minimum Gasteiger partial charge on any atom is -0.281 e. The third kappa shape index (κ3) is 1.40. The van der Waals surface area contributed by atoms with Gasteiger partial charge in [0, 0.05) is 22.1 Å². The zero-order valence-corrected chi connectivity index (χ0v) is 13.7. The molecule has 5 rings (SSSR count). The van der Waals surface area contributed by atoms with E-state index in [1.807, 2.05) is 18.2 Å². The number of para-hydroxylation sites is 1. The van der Waals surface area contributed by atoms with Gasteiger partial charge in [-0.05, 0) is 30.2 Å². The molecule has 1 aromatic carbocycles. The minimum atomic E-state index is 0.196. The van der Waals surface area contributed by atoms with Crippen LogP contribution < -0.4 is 0 Å². The van der Waals surface area contributed by atoms with Crippen molar-refractivity contribution >= 4 is 10.9 Å². The van der Waals surface area contributed by atoms with Gasteiger partial charge in [-0.25, -0.2) is 9.97 Å². The molecule has 0 amide bonds. The number of hydrogen-bond donors (Lipinski definition) is 1. The average molecular weight is 304 g/mol. The van der Waals surface area contributed by atoms with Crippen LogP contribution in [0.1, 0.15) is 50.8 Å². The quantitative estimate of drug-likeness (QED) is 0.733. The molecule has 2 heterocycles. The summed E-state index contributed by atoms with van der Waals surface area (Å²) in [6, 6.07) is 8.18. The number of rotatable bonds is 1. The van der Waals surface area contributed by atoms with Gasteiger partial charge in [-0.1, -0.05) is 39.0 Å². The van der Waals surface area contributed by atoms with Crippen LogP contribution in [0.15, 0.2) is 30.6 Å². The number of aromatic amines is 1. The van der Waals surface area contributed by atoms with Gasteiger partial charge in [-0.3, -0.25) is 5.10 Å². The Morgan fingerprint density at radius 2 is 1.91 bits per heavy atom. The lowest BCUT2D eigenvalue weighted by Crippen LogP contribution is -2.32. The van der Waals surface area contributed by atoms with Crippen LogP contribution in [0.5, 0.6) is 0 Å². The van der Waals surface area contributed by atoms with Crippen LogP contribution >= 0.6 is 0 Å². The normalized spacial score (nSPS) is 27.5. The zero-order valence-electron chi connectivity index (χ0n) is 13.7. The van der Waals surface area contributed by atoms with Crippen LogP contribution in [0.25, 0.3) is 22.3 Å². The van der Waals surface area contributed by atoms with Crippen LogP contribution in [0, 0.1) is 5.41 Å². The van der Waals surface area contributed by atoms with E-state index in [-0.39, 0.29) is 10.8 Å². The lowest BCUT2D eigenvalue weighted by atomic mass is 9.70. The van der Waals surface area contributed by atoms with Gasteiger partial charge in [-0.15, -0.1) is 0 Å². The fourth-order valence-corrected chi connectivity index (χ4v) is 4.94. The van der Waals surface area contributed by atoms with E-state index in [0.717, 1.165) is 22.3 Å². The Hall–Kier alpha value is -2.23. The van der Waals surface area contributed by atoms with Crippen molar-refractivity contribution in [2.24, 2.45) is 5.41 Å². The van der Waals surface area contributed by atoms with Crippen molar-refractivity contribution in [2.75, 3.05) is 0 Å². The fraction of sp³-hybridized carbons (Fsp3) is 0.421. The van der Waals surface area contributed by atoms with Crippen LogP contribution in [-0.2, 0) is 5.41 Å². The van der Waals surface area contributed by atoms with E-state index in [2.05, 4.69) is 41.9 Å². The Kier molecular flexibility index (Phi) is 2.30. The van der Waals surface area contributed by atoms with E-state index >= 15 is 0 Å². The average Bonchev–Trinajstić information content (AvgIpc) is 3.13. The molecule has 2 unspecified atom stereocenters. The summed E-state index contributed by atoms with van der Waals surface area (Å²) < 4.78 is 0. The summed E-state index contributed by atoms with van der Waals surface area (Å²) in [5, 5.41) is 9.14. The Bertz CT molecular complexity index is 934. The van der Waals surface area contributed by atoms with Gasteiger partial charge in [0.25, 0.3) is 0 Å². The molecule has 0 aliphatic heterocycles. The maximum absolute atomic E-state index is 4.69. The zero-order chi connectivity index (χ0) is 15.8. The van der Waals surface area contributed by atoms with Gasteiger partial charge >= 0.3 is 0 Å². The topological polar surface area (TPSA) is 54.5 Å². The Labute approximate surface area is 135 Å². The van der Waals surface area contributed by atoms with E-state index < -0.39 is 0 Å². The summed E-state index contributed by atoms with van der Waals surface area (Å²) in [5.74, 6) is 0.560. The molecule has 2 aliphatic rings. The second-order valence-corrected chi connectivity index (χ2v) is 7.75. The summed E-state index contributed by atoms with van der Waals surface area (Å²) in [4.78, 5) is 8.97. The maximum atomic E-state index is 4.69. The van der Waals surface area contributed by atoms with Crippen LogP contribution in [-0.4, -0.2) is 20.2 Å². The first-order chi connectivity index (χ1) is 11.0. The van der Waals surface area contributed by atoms with E-state index in [0.29, 0.717) is 5.92 Å². The number of fused-ring (bicyclic) bond motifs is 6. The molecule has 116 valence electrons. The molecular weight excluding hydrogens is 284 g/mol. The molecule has 0 radical (unpaired) electrons. The first kappa shape index (κ1) is 13.2. The summed E-state index contributed by atoms with van der Waals surface area (Å²) in [6.45, 7) is 7.19. The summed E-state index contributed by atoms with van der Waals surface area (Å²) in [7, 11) is 0. The van der Waals surface area contributed by atoms with Crippen LogP contribution in [0.4, 0.5) is 0 Å². The number of aromatic nitrogens is 4. The summed E-state index contributed by atoms with van der Waals surface area (Å²) in [5.41, 5.74) is 6.16. The molecule has 0 saturated heterocycles. The first-order valence-electron chi connectivity index (χ1n) is 8.33. The molecule has 3 aromatic rings. The highest BCUT2D eigenvalue weighted by molar-refractivity contribution is 5.92. The molecule has 0 spiro atoms. The summed E-state index contributed by atoms with van der Waals surface area (Å²) in [6.07, 6.45) is 4.13. The molecule has 23 heavy (non-hydrogen) atoms. The Balaban J connectivity index is 1.80. The molecule has 2 aromatic heterocycles. The van der Waals surface area contributed by atoms with Gasteiger partial charge in [0.2, 0.25) is 0 Å². The highest BCUT2D eigenvalue weighted by Gasteiger charge is 2.61. The number of nitrogens with zero attached hydrogens (tertiary/aromatic N) is 3. The van der Waals surface area contributed by atoms with Gasteiger partial charge in [0.15, 0.2) is 0 Å². The van der Waals surface area contributed by atoms with Crippen molar-refractivity contribution in [2.45, 2.75) is 44.9 Å². The van der Waals surface area contributed by atoms with Crippen molar-refractivity contribution in [1.29, 1.82) is 0 Å². The molecule has 2 bridgehead atoms. The molecule has 1 N–H and O–H groups in total. The van der Waals surface area contributed by atoms with Gasteiger partial charge < -0.3 is 0 Å². The maximum Gasteiger partial charge on any atom is 0.116 e. The van der Waals surface area contributed by atoms with E-state index in [4.69, 9.17) is 5.10 Å². The predicted molar refractivity (Wildman–Crippen MR) is 90.2 cm³/mol. The molecular formula is C19H20N4. The van der Waals surface area contributed by atoms with E-state index in [1.165, 1.54) is 24.1 Å². The van der Waals surface area contributed by atoms with E-state index in [1.54, 1.807) is 6.33 Å². The van der Waals surface area contributed by atoms with Crippen molar-refractivity contribution in [3.05, 3.63) is 41.9 Å². The number of nitrogens with one attached hydrogen (secondary N) is 1. The molecule has 1 saturated carbocycles. The summed E-state index contributed by atoms with van der Waals surface area (Å²) >= 11 is 0. The SMILES string of the molecule is CC12CCC(c3c(-c4ncnc5ccccc45)n[nH]c31)C2(C)C. The number of benzene rings is 1. The highest BCUT2D eigenvalue weighted by Crippen LogP contribution is 2.68. The van der Waals surface area contributed by atoms with Crippen LogP contribution in [0.3, 0.4) is 0 Å². The monoisotopic (exact) mass is 304 g/mol. The molecule has 4 heteroatoms. The Morgan fingerprint density at radius 1 is 1.09 bits per heavy atom. The molecule has 2 atom stereocenters. The van der Waals surface area contributed by atoms with Gasteiger partial charge in [0.1, 0.15) is 17.7 Å². The van der Waals surface area contributed by atoms with Gasteiger partial charge in [0.05, 0.1) is 5.52 Å². The third-order valence-electron chi connectivity index (χ3n) is 6.70. The number of H-pyrrole nitrogens is 1. The second kappa shape index (κ2) is 3.99. The smallest absolute Gasteiger partial charge is 0.116 e. The highest BCUT2D eigenvalue weighted by atomic mass is 15.2. The van der Waals surface area contributed by atoms with Gasteiger partial charge in [-0.2, -0.15) is 5.10 Å². The Morgan fingerprint density at radius 3 is 2.78 bits per heavy atom. The second-order valence-electron chi connectivity index (χ2n) is 7.75. The predicted octanol–water partition coefficient (Wildman–Crippen LogP) is 4.19. The van der Waals surface area contributed by atoms with Crippen LogP contribution in [0.2, 0.25) is 0 Å². The first-order valence-corrected chi connectivity index (χ1v) is 8.33. The molecule has 1 fully saturated rings. The van der Waals surface area contributed by atoms with E-state index in [9.17, 15) is 0 Å². The lowest BCUT2D eigenvalue weighted by Gasteiger charge is -2.34. The lowest BCUT2D eigenvalue weighted by molar-refractivity contribution is 0.225. The number of hydrogen-bond acceptors (Lipinski definition) is 3. The largest absolute Gasteiger partial charge is 0.281 e. The molecule has 4 nitrogen and oxygen atoms in total. The molecule has 2 aliphatic carbocycles. The fourth-order valence-electron chi connectivity index (χ4n) is 4.94. The third-order valence-corrected chi connectivity index (χ3v) is 6.70. The minimum absolute atomic E-state index is 0.196. The van der Waals surface area contributed by atoms with Crippen molar-refractivity contribution < 1.29 is 0 Å².